The van der Waals surface area contributed by atoms with Crippen LogP contribution in [0.3, 0.4) is 0 Å². The normalized spacial score (nSPS) is 16.0. The van der Waals surface area contributed by atoms with Crippen LogP contribution in [0, 0.1) is 0 Å². The molecular weight excluding hydrogens is 278 g/mol. The lowest BCUT2D eigenvalue weighted by molar-refractivity contribution is -0.0507. The average Bonchev–Trinajstić information content (AvgIpc) is 2.34. The van der Waals surface area contributed by atoms with Gasteiger partial charge < -0.3 is 20.1 Å². The van der Waals surface area contributed by atoms with Gasteiger partial charge in [-0.3, -0.25) is 0 Å². The van der Waals surface area contributed by atoms with Gasteiger partial charge in [0.25, 0.3) is 0 Å². The minimum absolute atomic E-state index is 0.153. The van der Waals surface area contributed by atoms with Crippen LogP contribution in [-0.4, -0.2) is 49.4 Å². The molecule has 0 amide bonds. The first kappa shape index (κ1) is 17.8. The van der Waals surface area contributed by atoms with Crippen molar-refractivity contribution >= 4 is 0 Å². The van der Waals surface area contributed by atoms with Crippen LogP contribution in [0.1, 0.15) is 25.5 Å². The Morgan fingerprint density at radius 3 is 2.52 bits per heavy atom. The predicted molar refractivity (Wildman–Crippen MR) is 78.7 cm³/mol. The summed E-state index contributed by atoms with van der Waals surface area (Å²) in [5, 5.41) is 13.4. The minimum atomic E-state index is -2.85. The highest BCUT2D eigenvalue weighted by atomic mass is 19.3. The third-order valence-corrected chi connectivity index (χ3v) is 3.05. The third kappa shape index (κ3) is 6.37. The number of nitrogens with one attached hydrogen (secondary N) is 1. The van der Waals surface area contributed by atoms with Gasteiger partial charge in [-0.15, -0.1) is 0 Å². The second-order valence-electron chi connectivity index (χ2n) is 5.75. The summed E-state index contributed by atoms with van der Waals surface area (Å²) in [6.07, 6.45) is 0. The molecule has 0 aliphatic carbocycles. The fourth-order valence-electron chi connectivity index (χ4n) is 2.26. The Labute approximate surface area is 124 Å². The van der Waals surface area contributed by atoms with Crippen molar-refractivity contribution in [1.29, 1.82) is 0 Å². The van der Waals surface area contributed by atoms with E-state index >= 15 is 0 Å². The Balaban J connectivity index is 2.69. The van der Waals surface area contributed by atoms with E-state index in [2.05, 4.69) is 10.1 Å². The highest BCUT2D eigenvalue weighted by Crippen LogP contribution is 2.26. The van der Waals surface area contributed by atoms with Crippen LogP contribution < -0.4 is 10.1 Å². The summed E-state index contributed by atoms with van der Waals surface area (Å²) in [4.78, 5) is 1.89. The molecule has 21 heavy (non-hydrogen) atoms. The van der Waals surface area contributed by atoms with E-state index in [1.165, 1.54) is 6.07 Å². The van der Waals surface area contributed by atoms with Crippen molar-refractivity contribution in [3.63, 3.8) is 0 Å². The molecule has 120 valence electrons. The number of aliphatic hydroxyl groups is 1. The van der Waals surface area contributed by atoms with Gasteiger partial charge in [-0.2, -0.15) is 8.78 Å². The molecule has 2 unspecified atom stereocenters. The third-order valence-electron chi connectivity index (χ3n) is 3.05. The molecule has 0 saturated heterocycles. The zero-order chi connectivity index (χ0) is 16.0. The van der Waals surface area contributed by atoms with Gasteiger partial charge in [0.1, 0.15) is 5.75 Å². The molecule has 1 aromatic rings. The van der Waals surface area contributed by atoms with Crippen molar-refractivity contribution in [2.45, 2.75) is 32.1 Å². The number of para-hydroxylation sites is 1. The molecular formula is C15H24F2N2O2. The lowest BCUT2D eigenvalue weighted by Gasteiger charge is -2.29. The highest BCUT2D eigenvalue weighted by Gasteiger charge is 2.23. The molecule has 6 heteroatoms. The van der Waals surface area contributed by atoms with E-state index < -0.39 is 12.2 Å². The average molecular weight is 302 g/mol. The Kier molecular flexibility index (Phi) is 6.51. The van der Waals surface area contributed by atoms with Gasteiger partial charge in [0.15, 0.2) is 0 Å². The van der Waals surface area contributed by atoms with E-state index in [1.54, 1.807) is 25.1 Å². The molecule has 1 aromatic carbocycles. The van der Waals surface area contributed by atoms with Crippen molar-refractivity contribution in [3.8, 4) is 5.75 Å². The molecule has 0 spiro atoms. The first-order chi connectivity index (χ1) is 9.71. The summed E-state index contributed by atoms with van der Waals surface area (Å²) < 4.78 is 29.3. The molecule has 4 nitrogen and oxygen atoms in total. The van der Waals surface area contributed by atoms with Crippen molar-refractivity contribution in [3.05, 3.63) is 29.8 Å². The predicted octanol–water partition coefficient (Wildman–Crippen LogP) is 2.25. The van der Waals surface area contributed by atoms with Crippen LogP contribution in [-0.2, 0) is 0 Å². The molecule has 2 N–H and O–H groups in total. The number of alkyl halides is 2. The van der Waals surface area contributed by atoms with Gasteiger partial charge in [0, 0.05) is 24.7 Å². The Morgan fingerprint density at radius 2 is 1.95 bits per heavy atom. The van der Waals surface area contributed by atoms with E-state index in [1.807, 2.05) is 25.9 Å². The van der Waals surface area contributed by atoms with Gasteiger partial charge in [-0.05, 0) is 34.0 Å². The monoisotopic (exact) mass is 302 g/mol. The molecule has 0 radical (unpaired) electrons. The van der Waals surface area contributed by atoms with Crippen LogP contribution in [0.15, 0.2) is 24.3 Å². The number of benzene rings is 1. The van der Waals surface area contributed by atoms with Gasteiger partial charge >= 0.3 is 6.61 Å². The van der Waals surface area contributed by atoms with Crippen molar-refractivity contribution in [2.75, 3.05) is 27.2 Å². The van der Waals surface area contributed by atoms with Crippen LogP contribution in [0.5, 0.6) is 5.75 Å². The Morgan fingerprint density at radius 1 is 1.33 bits per heavy atom. The van der Waals surface area contributed by atoms with E-state index in [0.29, 0.717) is 18.7 Å². The zero-order valence-electron chi connectivity index (χ0n) is 12.9. The molecule has 0 heterocycles. The van der Waals surface area contributed by atoms with Crippen molar-refractivity contribution < 1.29 is 18.6 Å². The largest absolute Gasteiger partial charge is 0.434 e. The molecule has 2 atom stereocenters. The van der Waals surface area contributed by atoms with Crippen molar-refractivity contribution in [1.82, 2.24) is 10.2 Å². The molecule has 0 saturated carbocycles. The second kappa shape index (κ2) is 7.68. The van der Waals surface area contributed by atoms with Gasteiger partial charge in [-0.1, -0.05) is 18.2 Å². The smallest absolute Gasteiger partial charge is 0.387 e. The van der Waals surface area contributed by atoms with E-state index in [-0.39, 0.29) is 11.8 Å². The number of hydrogen-bond acceptors (Lipinski definition) is 4. The standard InChI is InChI=1S/C15H24F2N2O2/c1-11(18-9-15(2,20)10-19(3)4)12-7-5-6-8-13(12)21-14(16)17/h5-8,11,14,18,20H,9-10H2,1-4H3. The van der Waals surface area contributed by atoms with Gasteiger partial charge in [0.2, 0.25) is 0 Å². The first-order valence-electron chi connectivity index (χ1n) is 6.85. The summed E-state index contributed by atoms with van der Waals surface area (Å²) in [5.74, 6) is 0.153. The van der Waals surface area contributed by atoms with Crippen molar-refractivity contribution in [2.24, 2.45) is 0 Å². The number of halogens is 2. The Bertz CT molecular complexity index is 439. The lowest BCUT2D eigenvalue weighted by atomic mass is 10.0. The number of rotatable bonds is 8. The fourth-order valence-corrected chi connectivity index (χ4v) is 2.26. The number of ether oxygens (including phenoxy) is 1. The van der Waals surface area contributed by atoms with Crippen LogP contribution in [0.25, 0.3) is 0 Å². The number of likely N-dealkylation sites (N-methyl/N-ethyl adjacent to an activating group) is 1. The highest BCUT2D eigenvalue weighted by molar-refractivity contribution is 5.35. The van der Waals surface area contributed by atoms with Gasteiger partial charge in [0.05, 0.1) is 5.60 Å². The van der Waals surface area contributed by atoms with E-state index in [0.717, 1.165) is 0 Å². The van der Waals surface area contributed by atoms with Crippen LogP contribution >= 0.6 is 0 Å². The maximum Gasteiger partial charge on any atom is 0.387 e. The molecule has 1 rings (SSSR count). The summed E-state index contributed by atoms with van der Waals surface area (Å²) in [7, 11) is 3.76. The molecule has 0 bridgehead atoms. The summed E-state index contributed by atoms with van der Waals surface area (Å²) in [6.45, 7) is 1.57. The summed E-state index contributed by atoms with van der Waals surface area (Å²) >= 11 is 0. The Hall–Kier alpha value is -1.24. The topological polar surface area (TPSA) is 44.7 Å². The van der Waals surface area contributed by atoms with Crippen LogP contribution in [0.2, 0.25) is 0 Å². The molecule has 0 fully saturated rings. The molecule has 0 aliphatic heterocycles. The number of hydrogen-bond donors (Lipinski definition) is 2. The SMILES string of the molecule is CC(NCC(C)(O)CN(C)C)c1ccccc1OC(F)F. The maximum atomic E-state index is 12.4. The van der Waals surface area contributed by atoms with E-state index in [4.69, 9.17) is 0 Å². The number of nitrogens with zero attached hydrogens (tertiary/aromatic N) is 1. The zero-order valence-corrected chi connectivity index (χ0v) is 12.9. The lowest BCUT2D eigenvalue weighted by Crippen LogP contribution is -2.46. The fraction of sp³-hybridized carbons (Fsp3) is 0.600. The first-order valence-corrected chi connectivity index (χ1v) is 6.85. The molecule has 0 aromatic heterocycles. The summed E-state index contributed by atoms with van der Waals surface area (Å²) in [5.41, 5.74) is -0.269. The summed E-state index contributed by atoms with van der Waals surface area (Å²) in [6, 6.07) is 6.45. The quantitative estimate of drug-likeness (QED) is 0.773. The second-order valence-corrected chi connectivity index (χ2v) is 5.75. The maximum absolute atomic E-state index is 12.4. The molecule has 0 aliphatic rings. The van der Waals surface area contributed by atoms with Crippen LogP contribution in [0.4, 0.5) is 8.78 Å². The van der Waals surface area contributed by atoms with E-state index in [9.17, 15) is 13.9 Å². The van der Waals surface area contributed by atoms with Gasteiger partial charge in [-0.25, -0.2) is 0 Å². The minimum Gasteiger partial charge on any atom is -0.434 e.